The second kappa shape index (κ2) is 11.3. The largest absolute Gasteiger partial charge is 0.308 e. The highest BCUT2D eigenvalue weighted by Gasteiger charge is 2.54. The lowest BCUT2D eigenvalue weighted by molar-refractivity contribution is 0.660. The van der Waals surface area contributed by atoms with Crippen LogP contribution in [0.1, 0.15) is 47.5 Å². The zero-order valence-corrected chi connectivity index (χ0v) is 31.2. The Balaban J connectivity index is 1.17. The third-order valence-corrected chi connectivity index (χ3v) is 12.8. The van der Waals surface area contributed by atoms with E-state index in [0.717, 1.165) is 33.9 Å². The van der Waals surface area contributed by atoms with Gasteiger partial charge in [0.25, 0.3) is 0 Å². The highest BCUT2D eigenvalue weighted by Crippen LogP contribution is 2.61. The van der Waals surface area contributed by atoms with Crippen molar-refractivity contribution in [3.05, 3.63) is 222 Å². The van der Waals surface area contributed by atoms with Crippen molar-refractivity contribution >= 4 is 28.1 Å². The minimum absolute atomic E-state index is 0.136. The van der Waals surface area contributed by atoms with Gasteiger partial charge in [0, 0.05) is 16.7 Å². The molecule has 1 spiro atoms. The molecule has 2 heterocycles. The Morgan fingerprint density at radius 3 is 1.73 bits per heavy atom. The molecular weight excluding hydrogens is 679 g/mol. The molecule has 0 bridgehead atoms. The number of fused-ring (bicyclic) bond motifs is 15. The smallest absolute Gasteiger partial charge is 0.134 e. The first-order chi connectivity index (χ1) is 27.6. The predicted molar refractivity (Wildman–Crippen MR) is 230 cm³/mol. The van der Waals surface area contributed by atoms with Gasteiger partial charge in [-0.1, -0.05) is 166 Å². The van der Waals surface area contributed by atoms with Crippen molar-refractivity contribution in [2.24, 2.45) is 0 Å². The van der Waals surface area contributed by atoms with Crippen LogP contribution in [0.25, 0.3) is 50.1 Å². The Bertz CT molecular complexity index is 3010. The first kappa shape index (κ1) is 31.4. The lowest BCUT2D eigenvalue weighted by atomic mass is 9.73. The second-order valence-corrected chi connectivity index (χ2v) is 15.9. The summed E-state index contributed by atoms with van der Waals surface area (Å²) in [5.41, 5.74) is 20.0. The Morgan fingerprint density at radius 1 is 0.446 bits per heavy atom. The summed E-state index contributed by atoms with van der Waals surface area (Å²) >= 11 is 0. The molecule has 1 aromatic heterocycles. The molecule has 0 saturated carbocycles. The fraction of sp³-hybridized carbons (Fsp3) is 0.0755. The summed E-state index contributed by atoms with van der Waals surface area (Å²) in [6.45, 7) is 4.72. The molecule has 0 amide bonds. The van der Waals surface area contributed by atoms with Crippen LogP contribution in [0.4, 0.5) is 17.1 Å². The normalized spacial score (nSPS) is 14.5. The summed E-state index contributed by atoms with van der Waals surface area (Å²) < 4.78 is 2.48. The van der Waals surface area contributed by atoms with E-state index in [4.69, 9.17) is 4.98 Å². The summed E-state index contributed by atoms with van der Waals surface area (Å²) in [7, 11) is 0. The van der Waals surface area contributed by atoms with Gasteiger partial charge in [0.1, 0.15) is 11.2 Å². The van der Waals surface area contributed by atoms with Crippen molar-refractivity contribution in [2.75, 3.05) is 4.90 Å². The van der Waals surface area contributed by atoms with Crippen molar-refractivity contribution in [1.29, 1.82) is 0 Å². The SMILES string of the molecule is CC1(C)c2ccccc2-c2c(N(c3ccc(-c4ccccc4)cc3)c3cccc4nc5n(c34)-c3ccccc3C53c4ccccc4-c4ccccc43)cccc21. The van der Waals surface area contributed by atoms with Crippen LogP contribution in [0.3, 0.4) is 0 Å². The molecular formula is C53H37N3. The lowest BCUT2D eigenvalue weighted by Gasteiger charge is -2.29. The molecule has 12 rings (SSSR count). The first-order valence-electron chi connectivity index (χ1n) is 19.6. The van der Waals surface area contributed by atoms with Crippen LogP contribution >= 0.6 is 0 Å². The molecule has 0 radical (unpaired) electrons. The van der Waals surface area contributed by atoms with Gasteiger partial charge < -0.3 is 4.90 Å². The topological polar surface area (TPSA) is 21.1 Å². The van der Waals surface area contributed by atoms with Crippen molar-refractivity contribution < 1.29 is 0 Å². The maximum Gasteiger partial charge on any atom is 0.134 e. The number of anilines is 3. The van der Waals surface area contributed by atoms with Crippen LogP contribution in [0, 0.1) is 0 Å². The van der Waals surface area contributed by atoms with Gasteiger partial charge in [-0.25, -0.2) is 4.98 Å². The number of rotatable bonds is 4. The fourth-order valence-electron chi connectivity index (χ4n) is 10.4. The van der Waals surface area contributed by atoms with Crippen LogP contribution in [0.2, 0.25) is 0 Å². The average Bonchev–Trinajstić information content (AvgIpc) is 3.94. The van der Waals surface area contributed by atoms with Crippen molar-refractivity contribution in [2.45, 2.75) is 24.7 Å². The van der Waals surface area contributed by atoms with E-state index in [1.54, 1.807) is 0 Å². The summed E-state index contributed by atoms with van der Waals surface area (Å²) in [4.78, 5) is 8.19. The number of benzene rings is 8. The standard InChI is InChI=1S/C53H37N3/c1-52(2)40-21-9-8-20-39(40)49-44(52)25-14-28-47(49)55(36-32-30-35(31-33-36)34-16-4-3-5-17-34)48-29-15-26-45-50(48)56-46-27-13-12-24-43(46)53(51(56)54-45)41-22-10-6-18-37(41)38-19-7-11-23-42(38)53/h3-33H,1-2H3. The molecule has 2 aliphatic carbocycles. The van der Waals surface area contributed by atoms with Crippen LogP contribution in [0.5, 0.6) is 0 Å². The molecule has 264 valence electrons. The van der Waals surface area contributed by atoms with Crippen LogP contribution < -0.4 is 4.90 Å². The van der Waals surface area contributed by atoms with Crippen molar-refractivity contribution in [1.82, 2.24) is 9.55 Å². The highest BCUT2D eigenvalue weighted by atomic mass is 15.2. The molecule has 0 saturated heterocycles. The molecule has 1 aliphatic heterocycles. The lowest BCUT2D eigenvalue weighted by Crippen LogP contribution is -2.27. The highest BCUT2D eigenvalue weighted by molar-refractivity contribution is 6.03. The number of nitrogens with zero attached hydrogens (tertiary/aromatic N) is 3. The Kier molecular flexibility index (Phi) is 6.32. The third kappa shape index (κ3) is 3.94. The van der Waals surface area contributed by atoms with Gasteiger partial charge in [0.05, 0.1) is 28.1 Å². The Labute approximate surface area is 326 Å². The third-order valence-electron chi connectivity index (χ3n) is 12.8. The zero-order valence-electron chi connectivity index (χ0n) is 31.2. The Morgan fingerprint density at radius 2 is 1.00 bits per heavy atom. The molecule has 0 fully saturated rings. The quantitative estimate of drug-likeness (QED) is 0.181. The fourth-order valence-corrected chi connectivity index (χ4v) is 10.4. The first-order valence-corrected chi connectivity index (χ1v) is 19.6. The van der Waals surface area contributed by atoms with Crippen molar-refractivity contribution in [3.8, 4) is 39.1 Å². The molecule has 0 unspecified atom stereocenters. The van der Waals surface area contributed by atoms with E-state index < -0.39 is 5.41 Å². The minimum atomic E-state index is -0.542. The maximum absolute atomic E-state index is 5.69. The molecule has 3 nitrogen and oxygen atoms in total. The van der Waals surface area contributed by atoms with E-state index in [2.05, 4.69) is 211 Å². The van der Waals surface area contributed by atoms with Crippen LogP contribution in [0.15, 0.2) is 188 Å². The van der Waals surface area contributed by atoms with Crippen molar-refractivity contribution in [3.63, 3.8) is 0 Å². The number of para-hydroxylation sites is 2. The van der Waals surface area contributed by atoms with Gasteiger partial charge in [0.15, 0.2) is 0 Å². The second-order valence-electron chi connectivity index (χ2n) is 15.9. The number of aromatic nitrogens is 2. The molecule has 0 atom stereocenters. The molecule has 56 heavy (non-hydrogen) atoms. The molecule has 8 aromatic carbocycles. The van der Waals surface area contributed by atoms with Gasteiger partial charge >= 0.3 is 0 Å². The predicted octanol–water partition coefficient (Wildman–Crippen LogP) is 13.1. The number of hydrogen-bond acceptors (Lipinski definition) is 2. The summed E-state index contributed by atoms with van der Waals surface area (Å²) in [5, 5.41) is 0. The van der Waals surface area contributed by atoms with Gasteiger partial charge in [-0.3, -0.25) is 4.57 Å². The molecule has 0 N–H and O–H groups in total. The minimum Gasteiger partial charge on any atom is -0.308 e. The van der Waals surface area contributed by atoms with Gasteiger partial charge in [0.2, 0.25) is 0 Å². The number of hydrogen-bond donors (Lipinski definition) is 0. The summed E-state index contributed by atoms with van der Waals surface area (Å²) in [6.07, 6.45) is 0. The summed E-state index contributed by atoms with van der Waals surface area (Å²) in [6, 6.07) is 69.1. The van der Waals surface area contributed by atoms with Crippen LogP contribution in [-0.2, 0) is 10.8 Å². The molecule has 9 aromatic rings. The van der Waals surface area contributed by atoms with E-state index in [1.807, 2.05) is 0 Å². The molecule has 3 heteroatoms. The van der Waals surface area contributed by atoms with E-state index in [1.165, 1.54) is 66.9 Å². The van der Waals surface area contributed by atoms with Gasteiger partial charge in [-0.2, -0.15) is 0 Å². The van der Waals surface area contributed by atoms with Gasteiger partial charge in [-0.15, -0.1) is 0 Å². The van der Waals surface area contributed by atoms with E-state index >= 15 is 0 Å². The van der Waals surface area contributed by atoms with E-state index in [-0.39, 0.29) is 5.41 Å². The number of imidazole rings is 1. The van der Waals surface area contributed by atoms with E-state index in [9.17, 15) is 0 Å². The van der Waals surface area contributed by atoms with Gasteiger partial charge in [-0.05, 0) is 92.0 Å². The summed E-state index contributed by atoms with van der Waals surface area (Å²) in [5.74, 6) is 1.04. The monoisotopic (exact) mass is 715 g/mol. The maximum atomic E-state index is 5.69. The Hall–Kier alpha value is -6.97. The van der Waals surface area contributed by atoms with E-state index in [0.29, 0.717) is 0 Å². The van der Waals surface area contributed by atoms with Crippen LogP contribution in [-0.4, -0.2) is 9.55 Å². The molecule has 3 aliphatic rings. The zero-order chi connectivity index (χ0) is 37.2. The average molecular weight is 716 g/mol.